The molecule has 24 heavy (non-hydrogen) atoms. The van der Waals surface area contributed by atoms with Crippen LogP contribution in [0.2, 0.25) is 0 Å². The van der Waals surface area contributed by atoms with Crippen LogP contribution in [0.15, 0.2) is 55.0 Å². The van der Waals surface area contributed by atoms with Crippen molar-refractivity contribution in [3.63, 3.8) is 0 Å². The zero-order valence-electron chi connectivity index (χ0n) is 13.8. The molecular weight excluding hydrogens is 304 g/mol. The number of hydrogen-bond acceptors (Lipinski definition) is 5. The van der Waals surface area contributed by atoms with E-state index in [4.69, 9.17) is 0 Å². The maximum absolute atomic E-state index is 12.8. The molecule has 0 aliphatic rings. The highest BCUT2D eigenvalue weighted by molar-refractivity contribution is 6.06. The average molecular weight is 322 g/mol. The molecular formula is C17H18N6O. The van der Waals surface area contributed by atoms with Crippen molar-refractivity contribution >= 4 is 17.4 Å². The van der Waals surface area contributed by atoms with Crippen LogP contribution in [0.1, 0.15) is 10.5 Å². The van der Waals surface area contributed by atoms with Crippen molar-refractivity contribution in [2.45, 2.75) is 0 Å². The van der Waals surface area contributed by atoms with Crippen molar-refractivity contribution in [2.24, 2.45) is 0 Å². The largest absolute Gasteiger partial charge is 0.361 e. The van der Waals surface area contributed by atoms with Crippen molar-refractivity contribution in [3.8, 4) is 5.82 Å². The third-order valence-corrected chi connectivity index (χ3v) is 3.55. The van der Waals surface area contributed by atoms with Gasteiger partial charge >= 0.3 is 0 Å². The quantitative estimate of drug-likeness (QED) is 0.735. The van der Waals surface area contributed by atoms with E-state index in [-0.39, 0.29) is 5.91 Å². The first kappa shape index (κ1) is 15.7. The smallest absolute Gasteiger partial charge is 0.276 e. The van der Waals surface area contributed by atoms with Gasteiger partial charge in [0.2, 0.25) is 0 Å². The Morgan fingerprint density at radius 2 is 1.88 bits per heavy atom. The molecule has 3 aromatic heterocycles. The van der Waals surface area contributed by atoms with Crippen molar-refractivity contribution < 1.29 is 4.79 Å². The minimum absolute atomic E-state index is 0.208. The van der Waals surface area contributed by atoms with Gasteiger partial charge in [0.1, 0.15) is 5.69 Å². The van der Waals surface area contributed by atoms with E-state index in [9.17, 15) is 4.79 Å². The van der Waals surface area contributed by atoms with Gasteiger partial charge in [-0.15, -0.1) is 0 Å². The molecule has 0 atom stereocenters. The minimum Gasteiger partial charge on any atom is -0.361 e. The first-order chi connectivity index (χ1) is 11.6. The highest BCUT2D eigenvalue weighted by Crippen LogP contribution is 2.25. The summed E-state index contributed by atoms with van der Waals surface area (Å²) in [5.74, 6) is 1.11. The van der Waals surface area contributed by atoms with E-state index in [0.717, 1.165) is 11.5 Å². The zero-order chi connectivity index (χ0) is 17.1. The summed E-state index contributed by atoms with van der Waals surface area (Å²) in [6.07, 6.45) is 5.15. The Labute approximate surface area is 140 Å². The zero-order valence-corrected chi connectivity index (χ0v) is 13.8. The molecule has 0 saturated heterocycles. The molecule has 3 heterocycles. The molecule has 3 aromatic rings. The average Bonchev–Trinajstić information content (AvgIpc) is 3.15. The van der Waals surface area contributed by atoms with Gasteiger partial charge in [-0.25, -0.2) is 14.6 Å². The molecule has 3 rings (SSSR count). The molecule has 0 aliphatic heterocycles. The maximum atomic E-state index is 12.8. The Morgan fingerprint density at radius 3 is 2.58 bits per heavy atom. The van der Waals surface area contributed by atoms with Crippen molar-refractivity contribution in [3.05, 3.63) is 60.7 Å². The van der Waals surface area contributed by atoms with Gasteiger partial charge in [0.15, 0.2) is 11.6 Å². The lowest BCUT2D eigenvalue weighted by molar-refractivity contribution is 0.0988. The van der Waals surface area contributed by atoms with Crippen molar-refractivity contribution in [1.82, 2.24) is 19.7 Å². The summed E-state index contributed by atoms with van der Waals surface area (Å²) in [5.41, 5.74) is 1.07. The van der Waals surface area contributed by atoms with E-state index in [1.807, 2.05) is 25.1 Å². The molecule has 7 nitrogen and oxygen atoms in total. The topological polar surface area (TPSA) is 67.2 Å². The molecule has 122 valence electrons. The standard InChI is InChI=1S/C17H18N6O/c1-21(2)16-14(8-5-10-18-16)22(3)17(24)13-7-4-9-15(20-13)23-12-6-11-19-23/h4-12H,1-3H3. The van der Waals surface area contributed by atoms with E-state index in [1.165, 1.54) is 0 Å². The predicted molar refractivity (Wildman–Crippen MR) is 92.7 cm³/mol. The number of rotatable bonds is 4. The van der Waals surface area contributed by atoms with Crippen LogP contribution in [-0.4, -0.2) is 46.8 Å². The van der Waals surface area contributed by atoms with Crippen LogP contribution in [0.25, 0.3) is 5.82 Å². The third-order valence-electron chi connectivity index (χ3n) is 3.55. The fourth-order valence-electron chi connectivity index (χ4n) is 2.35. The Hall–Kier alpha value is -3.22. The van der Waals surface area contributed by atoms with Crippen molar-refractivity contribution in [1.29, 1.82) is 0 Å². The molecule has 0 N–H and O–H groups in total. The van der Waals surface area contributed by atoms with Crippen molar-refractivity contribution in [2.75, 3.05) is 30.9 Å². The summed E-state index contributed by atoms with van der Waals surface area (Å²) < 4.78 is 1.62. The van der Waals surface area contributed by atoms with E-state index in [0.29, 0.717) is 11.5 Å². The molecule has 0 radical (unpaired) electrons. The molecule has 0 saturated carbocycles. The highest BCUT2D eigenvalue weighted by Gasteiger charge is 2.19. The van der Waals surface area contributed by atoms with E-state index >= 15 is 0 Å². The lowest BCUT2D eigenvalue weighted by Gasteiger charge is -2.23. The van der Waals surface area contributed by atoms with Gasteiger partial charge in [-0.05, 0) is 30.3 Å². The summed E-state index contributed by atoms with van der Waals surface area (Å²) in [6, 6.07) is 10.8. The number of carbonyl (C=O) groups is 1. The number of amides is 1. The van der Waals surface area contributed by atoms with Crippen LogP contribution in [0.3, 0.4) is 0 Å². The summed E-state index contributed by atoms with van der Waals surface area (Å²) >= 11 is 0. The number of nitrogens with zero attached hydrogens (tertiary/aromatic N) is 6. The number of aromatic nitrogens is 4. The molecule has 0 spiro atoms. The van der Waals surface area contributed by atoms with Crippen LogP contribution < -0.4 is 9.80 Å². The fraction of sp³-hybridized carbons (Fsp3) is 0.176. The number of pyridine rings is 2. The van der Waals surface area contributed by atoms with Gasteiger partial charge in [0.05, 0.1) is 5.69 Å². The number of hydrogen-bond donors (Lipinski definition) is 0. The normalized spacial score (nSPS) is 10.5. The molecule has 0 fully saturated rings. The fourth-order valence-corrected chi connectivity index (χ4v) is 2.35. The van der Waals surface area contributed by atoms with Gasteiger partial charge < -0.3 is 9.80 Å². The Morgan fingerprint density at radius 1 is 1.04 bits per heavy atom. The van der Waals surface area contributed by atoms with E-state index in [2.05, 4.69) is 15.1 Å². The van der Waals surface area contributed by atoms with Crippen LogP contribution in [0, 0.1) is 0 Å². The SMILES string of the molecule is CN(C)c1ncccc1N(C)C(=O)c1cccc(-n2cccn2)n1. The maximum Gasteiger partial charge on any atom is 0.276 e. The molecule has 0 bridgehead atoms. The van der Waals surface area contributed by atoms with Crippen LogP contribution >= 0.6 is 0 Å². The minimum atomic E-state index is -0.208. The van der Waals surface area contributed by atoms with Gasteiger partial charge in [-0.3, -0.25) is 4.79 Å². The summed E-state index contributed by atoms with van der Waals surface area (Å²) in [4.78, 5) is 25.0. The van der Waals surface area contributed by atoms with Crippen LogP contribution in [0.4, 0.5) is 11.5 Å². The summed E-state index contributed by atoms with van der Waals surface area (Å²) in [6.45, 7) is 0. The Kier molecular flexibility index (Phi) is 4.24. The van der Waals surface area contributed by atoms with Gasteiger partial charge in [0, 0.05) is 39.7 Å². The first-order valence-corrected chi connectivity index (χ1v) is 7.45. The molecule has 0 aromatic carbocycles. The molecule has 0 aliphatic carbocycles. The lowest BCUT2D eigenvalue weighted by atomic mass is 10.2. The predicted octanol–water partition coefficient (Wildman–Crippen LogP) is 2.00. The van der Waals surface area contributed by atoms with E-state index in [1.54, 1.807) is 65.6 Å². The second-order valence-electron chi connectivity index (χ2n) is 5.44. The second kappa shape index (κ2) is 6.49. The van der Waals surface area contributed by atoms with Crippen LogP contribution in [0.5, 0.6) is 0 Å². The number of carbonyl (C=O) groups excluding carboxylic acids is 1. The first-order valence-electron chi connectivity index (χ1n) is 7.45. The highest BCUT2D eigenvalue weighted by atomic mass is 16.2. The second-order valence-corrected chi connectivity index (χ2v) is 5.44. The monoisotopic (exact) mass is 322 g/mol. The Balaban J connectivity index is 1.94. The van der Waals surface area contributed by atoms with E-state index < -0.39 is 0 Å². The van der Waals surface area contributed by atoms with Gasteiger partial charge in [-0.2, -0.15) is 5.10 Å². The third kappa shape index (κ3) is 2.96. The van der Waals surface area contributed by atoms with Gasteiger partial charge in [-0.1, -0.05) is 6.07 Å². The molecule has 1 amide bonds. The molecule has 0 unspecified atom stereocenters. The van der Waals surface area contributed by atoms with Crippen LogP contribution in [-0.2, 0) is 0 Å². The number of anilines is 2. The Bertz CT molecular complexity index is 844. The molecule has 7 heteroatoms. The summed E-state index contributed by atoms with van der Waals surface area (Å²) in [7, 11) is 5.50. The lowest BCUT2D eigenvalue weighted by Crippen LogP contribution is -2.29. The van der Waals surface area contributed by atoms with Gasteiger partial charge in [0.25, 0.3) is 5.91 Å². The summed E-state index contributed by atoms with van der Waals surface area (Å²) in [5, 5.41) is 4.14.